The average molecular weight is 246 g/mol. The molecule has 0 saturated heterocycles. The Bertz CT molecular complexity index is 323. The molecule has 0 atom stereocenters. The SMILES string of the molecule is CCOP(=O)(OCC)C1=CCCC(OC)=C1. The molecule has 16 heavy (non-hydrogen) atoms. The van der Waals surface area contributed by atoms with Crippen molar-refractivity contribution >= 4 is 7.60 Å². The first-order chi connectivity index (χ1) is 7.66. The summed E-state index contributed by atoms with van der Waals surface area (Å²) in [6, 6.07) is 0. The lowest BCUT2D eigenvalue weighted by Gasteiger charge is -2.21. The van der Waals surface area contributed by atoms with Crippen LogP contribution in [0, 0.1) is 0 Å². The fourth-order valence-corrected chi connectivity index (χ4v) is 3.24. The lowest BCUT2D eigenvalue weighted by molar-refractivity contribution is 0.226. The van der Waals surface area contributed by atoms with Gasteiger partial charge in [-0.25, -0.2) is 0 Å². The van der Waals surface area contributed by atoms with Crippen LogP contribution in [0.15, 0.2) is 23.2 Å². The van der Waals surface area contributed by atoms with E-state index >= 15 is 0 Å². The third-order valence-electron chi connectivity index (χ3n) is 2.23. The molecule has 0 aliphatic heterocycles. The summed E-state index contributed by atoms with van der Waals surface area (Å²) in [7, 11) is -1.53. The smallest absolute Gasteiger partial charge is 0.361 e. The predicted octanol–water partition coefficient (Wildman–Crippen LogP) is 3.46. The minimum absolute atomic E-state index is 0.366. The Balaban J connectivity index is 2.91. The highest BCUT2D eigenvalue weighted by Crippen LogP contribution is 2.57. The van der Waals surface area contributed by atoms with Crippen molar-refractivity contribution in [3.8, 4) is 0 Å². The monoisotopic (exact) mass is 246 g/mol. The van der Waals surface area contributed by atoms with Crippen LogP contribution < -0.4 is 0 Å². The molecule has 0 amide bonds. The molecular weight excluding hydrogens is 227 g/mol. The summed E-state index contributed by atoms with van der Waals surface area (Å²) in [5.74, 6) is 0.817. The van der Waals surface area contributed by atoms with Crippen molar-refractivity contribution in [2.45, 2.75) is 26.7 Å². The maximum atomic E-state index is 12.4. The highest BCUT2D eigenvalue weighted by Gasteiger charge is 2.29. The van der Waals surface area contributed by atoms with Crippen LogP contribution in [0.4, 0.5) is 0 Å². The van der Waals surface area contributed by atoms with Gasteiger partial charge in [0, 0.05) is 6.42 Å². The number of ether oxygens (including phenoxy) is 1. The Kier molecular flexibility index (Phi) is 5.26. The van der Waals surface area contributed by atoms with E-state index in [2.05, 4.69) is 0 Å². The van der Waals surface area contributed by atoms with Crippen LogP contribution in [0.2, 0.25) is 0 Å². The molecule has 0 aromatic carbocycles. The Morgan fingerprint density at radius 1 is 1.31 bits per heavy atom. The second-order valence-corrected chi connectivity index (χ2v) is 5.34. The summed E-state index contributed by atoms with van der Waals surface area (Å²) in [5, 5.41) is 0.610. The van der Waals surface area contributed by atoms with Gasteiger partial charge in [0.2, 0.25) is 0 Å². The van der Waals surface area contributed by atoms with Crippen molar-refractivity contribution in [3.63, 3.8) is 0 Å². The summed E-state index contributed by atoms with van der Waals surface area (Å²) in [4.78, 5) is 0. The normalized spacial score (nSPS) is 16.7. The summed E-state index contributed by atoms with van der Waals surface area (Å²) in [6.45, 7) is 4.33. The molecule has 0 N–H and O–H groups in total. The van der Waals surface area contributed by atoms with Gasteiger partial charge in [-0.05, 0) is 26.3 Å². The highest BCUT2D eigenvalue weighted by atomic mass is 31.2. The molecule has 1 rings (SSSR count). The molecule has 0 radical (unpaired) electrons. The van der Waals surface area contributed by atoms with E-state index in [0.717, 1.165) is 18.6 Å². The zero-order valence-electron chi connectivity index (χ0n) is 10.1. The second-order valence-electron chi connectivity index (χ2n) is 3.32. The van der Waals surface area contributed by atoms with Crippen LogP contribution in [-0.2, 0) is 18.3 Å². The van der Waals surface area contributed by atoms with Crippen LogP contribution in [0.5, 0.6) is 0 Å². The molecule has 0 fully saturated rings. The molecule has 0 unspecified atom stereocenters. The van der Waals surface area contributed by atoms with Crippen molar-refractivity contribution in [1.82, 2.24) is 0 Å². The zero-order chi connectivity index (χ0) is 12.0. The minimum atomic E-state index is -3.14. The molecule has 0 spiro atoms. The molecular formula is C11H19O4P. The number of hydrogen-bond donors (Lipinski definition) is 0. The summed E-state index contributed by atoms with van der Waals surface area (Å²) < 4.78 is 28.1. The number of allylic oxidation sites excluding steroid dienone is 4. The maximum absolute atomic E-state index is 12.4. The first-order valence-corrected chi connectivity index (χ1v) is 7.05. The van der Waals surface area contributed by atoms with E-state index < -0.39 is 7.60 Å². The third kappa shape index (κ3) is 3.21. The van der Waals surface area contributed by atoms with E-state index in [1.54, 1.807) is 27.0 Å². The standard InChI is InChI=1S/C11H19O4P/c1-4-14-16(12,15-5-2)11-8-6-7-10(9-11)13-3/h8-9H,4-7H2,1-3H3. The van der Waals surface area contributed by atoms with E-state index in [4.69, 9.17) is 13.8 Å². The topological polar surface area (TPSA) is 44.8 Å². The molecule has 1 aliphatic carbocycles. The van der Waals surface area contributed by atoms with Gasteiger partial charge < -0.3 is 13.8 Å². The van der Waals surface area contributed by atoms with Gasteiger partial charge in [0.15, 0.2) is 0 Å². The Hall–Kier alpha value is -0.570. The van der Waals surface area contributed by atoms with Crippen molar-refractivity contribution < 1.29 is 18.3 Å². The van der Waals surface area contributed by atoms with Gasteiger partial charge in [0.1, 0.15) is 0 Å². The van der Waals surface area contributed by atoms with Crippen LogP contribution in [0.1, 0.15) is 26.7 Å². The number of hydrogen-bond acceptors (Lipinski definition) is 4. The molecule has 1 aliphatic rings. The molecule has 0 saturated carbocycles. The van der Waals surface area contributed by atoms with Crippen LogP contribution in [-0.4, -0.2) is 20.3 Å². The van der Waals surface area contributed by atoms with Crippen LogP contribution in [0.3, 0.4) is 0 Å². The summed E-state index contributed by atoms with van der Waals surface area (Å²) in [6.07, 6.45) is 5.29. The number of rotatable bonds is 6. The van der Waals surface area contributed by atoms with Gasteiger partial charge in [-0.1, -0.05) is 6.08 Å². The van der Waals surface area contributed by atoms with E-state index in [1.807, 2.05) is 6.08 Å². The van der Waals surface area contributed by atoms with E-state index in [-0.39, 0.29) is 0 Å². The van der Waals surface area contributed by atoms with Gasteiger partial charge in [0.25, 0.3) is 0 Å². The quantitative estimate of drug-likeness (QED) is 0.673. The molecule has 0 aromatic heterocycles. The first-order valence-electron chi connectivity index (χ1n) is 5.50. The Labute approximate surface area is 96.8 Å². The van der Waals surface area contributed by atoms with Crippen molar-refractivity contribution in [2.75, 3.05) is 20.3 Å². The largest absolute Gasteiger partial charge is 0.501 e. The fourth-order valence-electron chi connectivity index (χ4n) is 1.54. The van der Waals surface area contributed by atoms with E-state index in [9.17, 15) is 4.57 Å². The molecule has 92 valence electrons. The lowest BCUT2D eigenvalue weighted by Crippen LogP contribution is -2.01. The van der Waals surface area contributed by atoms with Crippen LogP contribution >= 0.6 is 7.60 Å². The minimum Gasteiger partial charge on any atom is -0.501 e. The van der Waals surface area contributed by atoms with Gasteiger partial charge in [-0.3, -0.25) is 4.57 Å². The van der Waals surface area contributed by atoms with E-state index in [1.165, 1.54) is 0 Å². The molecule has 5 heteroatoms. The third-order valence-corrected chi connectivity index (χ3v) is 4.37. The van der Waals surface area contributed by atoms with Gasteiger partial charge in [-0.15, -0.1) is 0 Å². The average Bonchev–Trinajstić information content (AvgIpc) is 2.30. The zero-order valence-corrected chi connectivity index (χ0v) is 11.0. The van der Waals surface area contributed by atoms with Gasteiger partial charge in [0.05, 0.1) is 31.4 Å². The lowest BCUT2D eigenvalue weighted by atomic mass is 10.2. The Morgan fingerprint density at radius 3 is 2.44 bits per heavy atom. The highest BCUT2D eigenvalue weighted by molar-refractivity contribution is 7.58. The molecule has 4 nitrogen and oxygen atoms in total. The molecule has 0 bridgehead atoms. The van der Waals surface area contributed by atoms with Crippen LogP contribution in [0.25, 0.3) is 0 Å². The molecule has 0 heterocycles. The van der Waals surface area contributed by atoms with Gasteiger partial charge in [-0.2, -0.15) is 0 Å². The second kappa shape index (κ2) is 6.24. The first kappa shape index (κ1) is 13.5. The van der Waals surface area contributed by atoms with Crippen molar-refractivity contribution in [2.24, 2.45) is 0 Å². The fraction of sp³-hybridized carbons (Fsp3) is 0.636. The van der Waals surface area contributed by atoms with Gasteiger partial charge >= 0.3 is 7.60 Å². The Morgan fingerprint density at radius 2 is 1.94 bits per heavy atom. The maximum Gasteiger partial charge on any atom is 0.361 e. The van der Waals surface area contributed by atoms with Crippen molar-refractivity contribution in [1.29, 1.82) is 0 Å². The summed E-state index contributed by atoms with van der Waals surface area (Å²) in [5.41, 5.74) is 0. The predicted molar refractivity (Wildman–Crippen MR) is 63.3 cm³/mol. The van der Waals surface area contributed by atoms with Crippen molar-refractivity contribution in [3.05, 3.63) is 23.2 Å². The summed E-state index contributed by atoms with van der Waals surface area (Å²) >= 11 is 0. The van der Waals surface area contributed by atoms with E-state index in [0.29, 0.717) is 18.5 Å². The number of methoxy groups -OCH3 is 1. The molecule has 0 aromatic rings.